The van der Waals surface area contributed by atoms with Crippen LogP contribution in [0.4, 0.5) is 4.39 Å². The van der Waals surface area contributed by atoms with Crippen LogP contribution in [0, 0.1) is 5.82 Å². The Hall–Kier alpha value is -1.55. The van der Waals surface area contributed by atoms with Crippen molar-refractivity contribution >= 4 is 45.9 Å². The Morgan fingerprint density at radius 2 is 1.88 bits per heavy atom. The number of rotatable bonds is 6. The van der Waals surface area contributed by atoms with Gasteiger partial charge in [0.1, 0.15) is 5.82 Å². The molecule has 0 saturated carbocycles. The van der Waals surface area contributed by atoms with Gasteiger partial charge < -0.3 is 20.5 Å². The maximum Gasteiger partial charge on any atom is 0.189 e. The molecule has 0 heterocycles. The summed E-state index contributed by atoms with van der Waals surface area (Å²) in [6.45, 7) is 0.767. The molecule has 0 spiro atoms. The highest BCUT2D eigenvalue weighted by Gasteiger charge is 2.05. The number of benzene rings is 2. The number of nitrogens with one attached hydrogen (secondary N) is 1. The van der Waals surface area contributed by atoms with Gasteiger partial charge >= 0.3 is 0 Å². The fourth-order valence-corrected chi connectivity index (χ4v) is 2.46. The van der Waals surface area contributed by atoms with Gasteiger partial charge in [0.2, 0.25) is 0 Å². The number of aliphatic imine (C=N–C) groups is 1. The van der Waals surface area contributed by atoms with Crippen molar-refractivity contribution in [3.05, 3.63) is 57.8 Å². The average Bonchev–Trinajstić information content (AvgIpc) is 2.60. The molecular formula is C17H20BrFIN3O2. The molecule has 0 atom stereocenters. The van der Waals surface area contributed by atoms with Gasteiger partial charge in [-0.1, -0.05) is 22.0 Å². The largest absolute Gasteiger partial charge is 0.493 e. The molecule has 2 aromatic carbocycles. The first-order valence-electron chi connectivity index (χ1n) is 7.22. The highest BCUT2D eigenvalue weighted by atomic mass is 127. The zero-order chi connectivity index (χ0) is 17.5. The summed E-state index contributed by atoms with van der Waals surface area (Å²) in [5.41, 5.74) is 7.56. The molecule has 136 valence electrons. The van der Waals surface area contributed by atoms with Crippen LogP contribution in [0.3, 0.4) is 0 Å². The van der Waals surface area contributed by atoms with E-state index < -0.39 is 0 Å². The SMILES string of the molecule is COc1ccc(CN=C(N)NCc2cc(F)ccc2Br)cc1OC.I. The third-order valence-corrected chi connectivity index (χ3v) is 4.12. The van der Waals surface area contributed by atoms with Crippen molar-refractivity contribution in [1.82, 2.24) is 5.32 Å². The maximum atomic E-state index is 13.2. The van der Waals surface area contributed by atoms with Crippen molar-refractivity contribution in [3.63, 3.8) is 0 Å². The number of hydrogen-bond donors (Lipinski definition) is 2. The highest BCUT2D eigenvalue weighted by Crippen LogP contribution is 2.27. The molecule has 0 aliphatic heterocycles. The molecular weight excluding hydrogens is 504 g/mol. The molecule has 0 unspecified atom stereocenters. The summed E-state index contributed by atoms with van der Waals surface area (Å²) in [5.74, 6) is 1.28. The molecule has 25 heavy (non-hydrogen) atoms. The fraction of sp³-hybridized carbons (Fsp3) is 0.235. The van der Waals surface area contributed by atoms with Crippen molar-refractivity contribution in [1.29, 1.82) is 0 Å². The van der Waals surface area contributed by atoms with E-state index in [2.05, 4.69) is 26.2 Å². The minimum Gasteiger partial charge on any atom is -0.493 e. The predicted molar refractivity (Wildman–Crippen MR) is 111 cm³/mol. The van der Waals surface area contributed by atoms with Gasteiger partial charge in [0.25, 0.3) is 0 Å². The van der Waals surface area contributed by atoms with E-state index in [-0.39, 0.29) is 35.8 Å². The van der Waals surface area contributed by atoms with Crippen molar-refractivity contribution in [2.45, 2.75) is 13.1 Å². The van der Waals surface area contributed by atoms with Gasteiger partial charge in [-0.25, -0.2) is 9.38 Å². The number of nitrogens with zero attached hydrogens (tertiary/aromatic N) is 1. The monoisotopic (exact) mass is 523 g/mol. The van der Waals surface area contributed by atoms with Crippen LogP contribution in [-0.4, -0.2) is 20.2 Å². The topological polar surface area (TPSA) is 68.9 Å². The fourth-order valence-electron chi connectivity index (χ4n) is 2.08. The van der Waals surface area contributed by atoms with E-state index in [4.69, 9.17) is 15.2 Å². The first-order valence-corrected chi connectivity index (χ1v) is 8.01. The summed E-state index contributed by atoms with van der Waals surface area (Å²) in [6, 6.07) is 10.0. The molecule has 0 radical (unpaired) electrons. The Kier molecular flexibility index (Phi) is 8.98. The molecule has 0 aliphatic carbocycles. The molecule has 0 bridgehead atoms. The van der Waals surface area contributed by atoms with Crippen LogP contribution < -0.4 is 20.5 Å². The number of methoxy groups -OCH3 is 2. The zero-order valence-electron chi connectivity index (χ0n) is 13.9. The molecule has 8 heteroatoms. The van der Waals surface area contributed by atoms with E-state index >= 15 is 0 Å². The average molecular weight is 524 g/mol. The van der Waals surface area contributed by atoms with Gasteiger partial charge in [0.15, 0.2) is 17.5 Å². The minimum atomic E-state index is -0.296. The van der Waals surface area contributed by atoms with E-state index in [1.54, 1.807) is 20.3 Å². The van der Waals surface area contributed by atoms with Crippen LogP contribution in [0.1, 0.15) is 11.1 Å². The summed E-state index contributed by atoms with van der Waals surface area (Å²) in [5, 5.41) is 2.96. The normalized spacial score (nSPS) is 10.8. The first-order chi connectivity index (χ1) is 11.5. The lowest BCUT2D eigenvalue weighted by atomic mass is 10.2. The van der Waals surface area contributed by atoms with Crippen LogP contribution in [-0.2, 0) is 13.1 Å². The molecule has 0 aromatic heterocycles. The molecule has 0 saturated heterocycles. The van der Waals surface area contributed by atoms with Gasteiger partial charge in [-0.2, -0.15) is 0 Å². The summed E-state index contributed by atoms with van der Waals surface area (Å²) in [7, 11) is 3.17. The lowest BCUT2D eigenvalue weighted by Crippen LogP contribution is -2.31. The molecule has 0 amide bonds. The van der Waals surface area contributed by atoms with Crippen LogP contribution in [0.5, 0.6) is 11.5 Å². The van der Waals surface area contributed by atoms with Gasteiger partial charge in [0.05, 0.1) is 20.8 Å². The Balaban J connectivity index is 0.00000312. The van der Waals surface area contributed by atoms with Crippen molar-refractivity contribution in [2.24, 2.45) is 10.7 Å². The molecule has 5 nitrogen and oxygen atoms in total. The number of ether oxygens (including phenoxy) is 2. The zero-order valence-corrected chi connectivity index (χ0v) is 17.8. The van der Waals surface area contributed by atoms with Crippen molar-refractivity contribution < 1.29 is 13.9 Å². The lowest BCUT2D eigenvalue weighted by Gasteiger charge is -2.10. The Morgan fingerprint density at radius 1 is 1.16 bits per heavy atom. The number of halogens is 3. The van der Waals surface area contributed by atoms with Crippen molar-refractivity contribution in [3.8, 4) is 11.5 Å². The van der Waals surface area contributed by atoms with Crippen LogP contribution in [0.15, 0.2) is 45.9 Å². The van der Waals surface area contributed by atoms with Gasteiger partial charge in [-0.15, -0.1) is 24.0 Å². The van der Waals surface area contributed by atoms with E-state index in [9.17, 15) is 4.39 Å². The first kappa shape index (κ1) is 21.5. The van der Waals surface area contributed by atoms with Crippen LogP contribution in [0.2, 0.25) is 0 Å². The van der Waals surface area contributed by atoms with Crippen molar-refractivity contribution in [2.75, 3.05) is 14.2 Å². The number of hydrogen-bond acceptors (Lipinski definition) is 3. The smallest absolute Gasteiger partial charge is 0.189 e. The third-order valence-electron chi connectivity index (χ3n) is 3.35. The van der Waals surface area contributed by atoms with Gasteiger partial charge in [-0.05, 0) is 41.5 Å². The van der Waals surface area contributed by atoms with Crippen LogP contribution in [0.25, 0.3) is 0 Å². The summed E-state index contributed by atoms with van der Waals surface area (Å²) >= 11 is 3.37. The molecule has 0 aliphatic rings. The minimum absolute atomic E-state index is 0. The molecule has 2 aromatic rings. The quantitative estimate of drug-likeness (QED) is 0.343. The maximum absolute atomic E-state index is 13.2. The second-order valence-electron chi connectivity index (χ2n) is 4.98. The summed E-state index contributed by atoms with van der Waals surface area (Å²) in [4.78, 5) is 4.27. The van der Waals surface area contributed by atoms with E-state index in [0.717, 1.165) is 15.6 Å². The Labute approximate surface area is 172 Å². The number of guanidine groups is 1. The number of nitrogens with two attached hydrogens (primary N) is 1. The Morgan fingerprint density at radius 3 is 2.56 bits per heavy atom. The predicted octanol–water partition coefficient (Wildman–Crippen LogP) is 3.83. The third kappa shape index (κ3) is 6.35. The van der Waals surface area contributed by atoms with Gasteiger partial charge in [-0.3, -0.25) is 0 Å². The summed E-state index contributed by atoms with van der Waals surface area (Å²) < 4.78 is 24.5. The molecule has 0 fully saturated rings. The van der Waals surface area contributed by atoms with Crippen LogP contribution >= 0.6 is 39.9 Å². The van der Waals surface area contributed by atoms with E-state index in [1.165, 1.54) is 12.1 Å². The van der Waals surface area contributed by atoms with E-state index in [1.807, 2.05) is 18.2 Å². The standard InChI is InChI=1S/C17H19BrFN3O2.HI/c1-23-15-6-3-11(7-16(15)24-2)9-21-17(20)22-10-12-8-13(19)4-5-14(12)18;/h3-8H,9-10H2,1-2H3,(H3,20,21,22);1H. The van der Waals surface area contributed by atoms with Gasteiger partial charge in [0, 0.05) is 11.0 Å². The second kappa shape index (κ2) is 10.4. The molecule has 3 N–H and O–H groups in total. The lowest BCUT2D eigenvalue weighted by molar-refractivity contribution is 0.354. The summed E-state index contributed by atoms with van der Waals surface area (Å²) in [6.07, 6.45) is 0. The molecule has 2 rings (SSSR count). The highest BCUT2D eigenvalue weighted by molar-refractivity contribution is 14.0. The Bertz CT molecular complexity index is 744. The second-order valence-corrected chi connectivity index (χ2v) is 5.83. The van der Waals surface area contributed by atoms with E-state index in [0.29, 0.717) is 24.6 Å².